The molecule has 3 aromatic carbocycles. The van der Waals surface area contributed by atoms with Crippen LogP contribution in [0.3, 0.4) is 0 Å². The van der Waals surface area contributed by atoms with E-state index in [0.29, 0.717) is 23.8 Å². The molecule has 4 rings (SSSR count). The average Bonchev–Trinajstić information content (AvgIpc) is 3.38. The fourth-order valence-corrected chi connectivity index (χ4v) is 6.41. The lowest BCUT2D eigenvalue weighted by Crippen LogP contribution is -2.27. The predicted molar refractivity (Wildman–Crippen MR) is 136 cm³/mol. The van der Waals surface area contributed by atoms with E-state index in [1.807, 2.05) is 0 Å². The summed E-state index contributed by atoms with van der Waals surface area (Å²) in [4.78, 5) is 12.7. The second kappa shape index (κ2) is 10.2. The number of carbonyl (C=O) groups excluding carboxylic acids is 1. The summed E-state index contributed by atoms with van der Waals surface area (Å²) in [7, 11) is -7.45. The third-order valence-electron chi connectivity index (χ3n) is 5.41. The molecule has 35 heavy (non-hydrogen) atoms. The molecule has 1 saturated heterocycles. The monoisotopic (exact) mass is 553 g/mol. The molecule has 0 atom stereocenters. The van der Waals surface area contributed by atoms with Gasteiger partial charge in [-0.1, -0.05) is 23.2 Å². The first-order chi connectivity index (χ1) is 16.6. The zero-order chi connectivity index (χ0) is 25.2. The van der Waals surface area contributed by atoms with Crippen LogP contribution in [0.25, 0.3) is 0 Å². The lowest BCUT2D eigenvalue weighted by atomic mass is 10.2. The molecule has 0 aromatic heterocycles. The fraction of sp³-hybridized carbons (Fsp3) is 0.174. The molecule has 12 heteroatoms. The van der Waals surface area contributed by atoms with Gasteiger partial charge in [0.1, 0.15) is 0 Å². The topological polar surface area (TPSA) is 113 Å². The van der Waals surface area contributed by atoms with Crippen LogP contribution in [0.15, 0.2) is 76.5 Å². The van der Waals surface area contributed by atoms with E-state index in [2.05, 4.69) is 10.0 Å². The van der Waals surface area contributed by atoms with Crippen molar-refractivity contribution in [1.29, 1.82) is 0 Å². The maximum absolute atomic E-state index is 12.6. The summed E-state index contributed by atoms with van der Waals surface area (Å²) in [5.41, 5.74) is 0.896. The number of nitrogens with one attached hydrogen (secondary N) is 2. The van der Waals surface area contributed by atoms with Crippen molar-refractivity contribution in [2.24, 2.45) is 0 Å². The number of hydrogen-bond donors (Lipinski definition) is 2. The van der Waals surface area contributed by atoms with Gasteiger partial charge in [0.05, 0.1) is 25.5 Å². The van der Waals surface area contributed by atoms with Gasteiger partial charge in [-0.25, -0.2) is 16.8 Å². The molecule has 8 nitrogen and oxygen atoms in total. The van der Waals surface area contributed by atoms with Crippen LogP contribution < -0.4 is 10.0 Å². The third-order valence-corrected chi connectivity index (χ3v) is 9.46. The highest BCUT2D eigenvalue weighted by Crippen LogP contribution is 2.27. The van der Waals surface area contributed by atoms with Gasteiger partial charge < -0.3 is 5.32 Å². The van der Waals surface area contributed by atoms with Gasteiger partial charge in [0.2, 0.25) is 10.0 Å². The Balaban J connectivity index is 1.42. The number of benzene rings is 3. The molecule has 0 spiro atoms. The van der Waals surface area contributed by atoms with E-state index in [4.69, 9.17) is 23.2 Å². The highest BCUT2D eigenvalue weighted by molar-refractivity contribution is 7.92. The van der Waals surface area contributed by atoms with Crippen molar-refractivity contribution in [3.05, 3.63) is 82.3 Å². The molecular weight excluding hydrogens is 533 g/mol. The van der Waals surface area contributed by atoms with Gasteiger partial charge >= 0.3 is 0 Å². The number of nitrogens with zero attached hydrogens (tertiary/aromatic N) is 1. The minimum atomic E-state index is -3.89. The van der Waals surface area contributed by atoms with E-state index in [1.54, 1.807) is 0 Å². The zero-order valence-electron chi connectivity index (χ0n) is 18.2. The first-order valence-electron chi connectivity index (χ1n) is 10.6. The Morgan fingerprint density at radius 3 is 1.91 bits per heavy atom. The minimum absolute atomic E-state index is 0.0157. The number of halogens is 2. The van der Waals surface area contributed by atoms with Crippen molar-refractivity contribution in [1.82, 2.24) is 4.31 Å². The summed E-state index contributed by atoms with van der Waals surface area (Å²) in [6, 6.07) is 15.7. The maximum atomic E-state index is 12.6. The quantitative estimate of drug-likeness (QED) is 0.435. The van der Waals surface area contributed by atoms with E-state index in [1.165, 1.54) is 71.0 Å². The summed E-state index contributed by atoms with van der Waals surface area (Å²) in [6.07, 6.45) is 1.68. The van der Waals surface area contributed by atoms with Crippen molar-refractivity contribution >= 4 is 60.5 Å². The molecule has 2 N–H and O–H groups in total. The van der Waals surface area contributed by atoms with Crippen LogP contribution in [-0.2, 0) is 20.0 Å². The Morgan fingerprint density at radius 1 is 0.743 bits per heavy atom. The van der Waals surface area contributed by atoms with Crippen LogP contribution in [0, 0.1) is 0 Å². The Morgan fingerprint density at radius 2 is 1.31 bits per heavy atom. The Labute approximate surface area is 214 Å². The van der Waals surface area contributed by atoms with Gasteiger partial charge in [0.15, 0.2) is 0 Å². The van der Waals surface area contributed by atoms with Crippen LogP contribution in [0.4, 0.5) is 11.4 Å². The summed E-state index contributed by atoms with van der Waals surface area (Å²) in [5.74, 6) is -0.459. The second-order valence-corrected chi connectivity index (χ2v) is 12.3. The number of hydrogen-bond acceptors (Lipinski definition) is 5. The molecule has 1 fully saturated rings. The van der Waals surface area contributed by atoms with Gasteiger partial charge in [-0.2, -0.15) is 4.31 Å². The van der Waals surface area contributed by atoms with Crippen LogP contribution in [0.2, 0.25) is 10.0 Å². The van der Waals surface area contributed by atoms with Gasteiger partial charge in [-0.15, -0.1) is 0 Å². The molecule has 0 saturated carbocycles. The highest BCUT2D eigenvalue weighted by atomic mass is 35.5. The van der Waals surface area contributed by atoms with E-state index in [9.17, 15) is 21.6 Å². The number of amides is 1. The molecule has 1 aliphatic heterocycles. The second-order valence-electron chi connectivity index (χ2n) is 7.85. The molecule has 1 amide bonds. The van der Waals surface area contributed by atoms with Gasteiger partial charge in [-0.05, 0) is 79.6 Å². The van der Waals surface area contributed by atoms with Gasteiger partial charge in [0, 0.05) is 24.3 Å². The zero-order valence-corrected chi connectivity index (χ0v) is 21.4. The van der Waals surface area contributed by atoms with Crippen LogP contribution in [0.5, 0.6) is 0 Å². The number of anilines is 2. The van der Waals surface area contributed by atoms with Crippen molar-refractivity contribution in [3.8, 4) is 0 Å². The molecule has 0 bridgehead atoms. The molecule has 3 aromatic rings. The van der Waals surface area contributed by atoms with Crippen molar-refractivity contribution in [2.45, 2.75) is 22.6 Å². The smallest absolute Gasteiger partial charge is 0.261 e. The molecule has 0 unspecified atom stereocenters. The maximum Gasteiger partial charge on any atom is 0.261 e. The van der Waals surface area contributed by atoms with Gasteiger partial charge in [-0.3, -0.25) is 9.52 Å². The summed E-state index contributed by atoms with van der Waals surface area (Å²) in [6.45, 7) is 0.999. The SMILES string of the molecule is O=C(Nc1ccc(S(=O)(=O)Nc2ccc(Cl)c(Cl)c2)cc1)c1ccc(S(=O)(=O)N2CCCC2)cc1. The number of carbonyl (C=O) groups is 1. The number of sulfonamides is 2. The Bertz CT molecular complexity index is 1450. The van der Waals surface area contributed by atoms with E-state index >= 15 is 0 Å². The normalized spacial score (nSPS) is 14.6. The molecule has 1 aliphatic rings. The van der Waals surface area contributed by atoms with E-state index in [-0.39, 0.29) is 26.1 Å². The largest absolute Gasteiger partial charge is 0.322 e. The molecular formula is C23H21Cl2N3O5S2. The van der Waals surface area contributed by atoms with Crippen LogP contribution in [0.1, 0.15) is 23.2 Å². The Hall–Kier alpha value is -2.63. The third kappa shape index (κ3) is 5.79. The molecule has 0 aliphatic carbocycles. The fourth-order valence-electron chi connectivity index (χ4n) is 3.55. The predicted octanol–water partition coefficient (Wildman–Crippen LogP) is 4.83. The van der Waals surface area contributed by atoms with Crippen LogP contribution in [-0.4, -0.2) is 40.1 Å². The molecule has 1 heterocycles. The summed E-state index contributed by atoms with van der Waals surface area (Å²) >= 11 is 11.8. The lowest BCUT2D eigenvalue weighted by Gasteiger charge is -2.15. The van der Waals surface area contributed by atoms with Crippen LogP contribution >= 0.6 is 23.2 Å². The van der Waals surface area contributed by atoms with Gasteiger partial charge in [0.25, 0.3) is 15.9 Å². The Kier molecular flexibility index (Phi) is 7.39. The van der Waals surface area contributed by atoms with E-state index in [0.717, 1.165) is 12.8 Å². The summed E-state index contributed by atoms with van der Waals surface area (Å²) < 4.78 is 54.4. The van der Waals surface area contributed by atoms with Crippen molar-refractivity contribution in [2.75, 3.05) is 23.1 Å². The lowest BCUT2D eigenvalue weighted by molar-refractivity contribution is 0.102. The average molecular weight is 554 g/mol. The standard InChI is InChI=1S/C23H21Cl2N3O5S2/c24-21-12-7-18(15-22(21)25)27-34(30,31)19-10-5-17(6-11-19)26-23(29)16-3-8-20(9-4-16)35(32,33)28-13-1-2-14-28/h3-12,15,27H,1-2,13-14H2,(H,26,29). The highest BCUT2D eigenvalue weighted by Gasteiger charge is 2.27. The first-order valence-corrected chi connectivity index (χ1v) is 14.2. The molecule has 184 valence electrons. The van der Waals surface area contributed by atoms with Crippen molar-refractivity contribution in [3.63, 3.8) is 0 Å². The minimum Gasteiger partial charge on any atom is -0.322 e. The van der Waals surface area contributed by atoms with E-state index < -0.39 is 26.0 Å². The van der Waals surface area contributed by atoms with Crippen molar-refractivity contribution < 1.29 is 21.6 Å². The number of rotatable bonds is 7. The summed E-state index contributed by atoms with van der Waals surface area (Å²) in [5, 5.41) is 3.19. The first kappa shape index (κ1) is 25.5. The molecule has 0 radical (unpaired) electrons.